The third-order valence-corrected chi connectivity index (χ3v) is 4.06. The molecule has 0 aliphatic heterocycles. The molecular weight excluding hydrogens is 252 g/mol. The van der Waals surface area contributed by atoms with Crippen LogP contribution in [0.3, 0.4) is 0 Å². The zero-order valence-corrected chi connectivity index (χ0v) is 12.3. The van der Waals surface area contributed by atoms with Gasteiger partial charge in [-0.25, -0.2) is 0 Å². The van der Waals surface area contributed by atoms with Gasteiger partial charge in [0.05, 0.1) is 12.0 Å². The van der Waals surface area contributed by atoms with Crippen molar-refractivity contribution in [3.63, 3.8) is 0 Å². The quantitative estimate of drug-likeness (QED) is 0.857. The molecule has 0 bridgehead atoms. The zero-order chi connectivity index (χ0) is 14.5. The molecule has 110 valence electrons. The van der Waals surface area contributed by atoms with Gasteiger partial charge in [-0.3, -0.25) is 4.79 Å². The van der Waals surface area contributed by atoms with E-state index in [0.717, 1.165) is 18.4 Å². The van der Waals surface area contributed by atoms with Crippen LogP contribution in [-0.4, -0.2) is 17.2 Å². The van der Waals surface area contributed by atoms with E-state index in [1.54, 1.807) is 0 Å². The Kier molecular flexibility index (Phi) is 5.18. The van der Waals surface area contributed by atoms with Gasteiger partial charge in [-0.15, -0.1) is 0 Å². The van der Waals surface area contributed by atoms with Gasteiger partial charge in [0.1, 0.15) is 6.61 Å². The van der Waals surface area contributed by atoms with Crippen LogP contribution in [0.1, 0.15) is 56.6 Å². The molecule has 0 unspecified atom stereocenters. The van der Waals surface area contributed by atoms with Crippen LogP contribution in [0.5, 0.6) is 0 Å². The minimum Gasteiger partial charge on any atom is -0.461 e. The SMILES string of the molecule is CC(C)c1ccc(COC(=O)C2CCC(O)CC2)cc1. The van der Waals surface area contributed by atoms with E-state index in [1.165, 1.54) is 5.56 Å². The predicted octanol–water partition coefficient (Wildman–Crippen LogP) is 3.40. The summed E-state index contributed by atoms with van der Waals surface area (Å²) < 4.78 is 5.38. The lowest BCUT2D eigenvalue weighted by atomic mass is 9.87. The van der Waals surface area contributed by atoms with E-state index < -0.39 is 0 Å². The summed E-state index contributed by atoms with van der Waals surface area (Å²) >= 11 is 0. The van der Waals surface area contributed by atoms with Crippen molar-refractivity contribution in [2.75, 3.05) is 0 Å². The maximum absolute atomic E-state index is 11.9. The van der Waals surface area contributed by atoms with Crippen LogP contribution in [0.2, 0.25) is 0 Å². The normalized spacial score (nSPS) is 22.8. The number of rotatable bonds is 4. The molecule has 0 saturated heterocycles. The van der Waals surface area contributed by atoms with Crippen molar-refractivity contribution in [1.29, 1.82) is 0 Å². The van der Waals surface area contributed by atoms with E-state index in [2.05, 4.69) is 26.0 Å². The topological polar surface area (TPSA) is 46.5 Å². The van der Waals surface area contributed by atoms with Gasteiger partial charge in [0, 0.05) is 0 Å². The van der Waals surface area contributed by atoms with Crippen LogP contribution in [0.4, 0.5) is 0 Å². The minimum atomic E-state index is -0.234. The Hall–Kier alpha value is -1.35. The largest absolute Gasteiger partial charge is 0.461 e. The number of carbonyl (C=O) groups is 1. The fourth-order valence-electron chi connectivity index (χ4n) is 2.58. The maximum Gasteiger partial charge on any atom is 0.309 e. The third-order valence-electron chi connectivity index (χ3n) is 4.06. The van der Waals surface area contributed by atoms with E-state index in [1.807, 2.05) is 12.1 Å². The summed E-state index contributed by atoms with van der Waals surface area (Å²) in [5.41, 5.74) is 2.32. The van der Waals surface area contributed by atoms with E-state index in [9.17, 15) is 9.90 Å². The number of aliphatic hydroxyl groups is 1. The molecule has 3 heteroatoms. The van der Waals surface area contributed by atoms with E-state index in [-0.39, 0.29) is 18.0 Å². The Morgan fingerprint density at radius 1 is 1.20 bits per heavy atom. The van der Waals surface area contributed by atoms with Gasteiger partial charge in [0.2, 0.25) is 0 Å². The van der Waals surface area contributed by atoms with Crippen LogP contribution in [-0.2, 0) is 16.1 Å². The van der Waals surface area contributed by atoms with Gasteiger partial charge in [-0.2, -0.15) is 0 Å². The van der Waals surface area contributed by atoms with Crippen molar-refractivity contribution in [1.82, 2.24) is 0 Å². The first-order valence-electron chi connectivity index (χ1n) is 7.50. The van der Waals surface area contributed by atoms with Gasteiger partial charge in [0.15, 0.2) is 0 Å². The van der Waals surface area contributed by atoms with Gasteiger partial charge in [0.25, 0.3) is 0 Å². The molecule has 1 aromatic rings. The molecule has 1 aliphatic rings. The first-order chi connectivity index (χ1) is 9.56. The zero-order valence-electron chi connectivity index (χ0n) is 12.3. The molecule has 1 saturated carbocycles. The molecule has 0 heterocycles. The lowest BCUT2D eigenvalue weighted by Gasteiger charge is -2.23. The Labute approximate surface area is 121 Å². The summed E-state index contributed by atoms with van der Waals surface area (Å²) in [7, 11) is 0. The number of esters is 1. The standard InChI is InChI=1S/C17H24O3/c1-12(2)14-5-3-13(4-6-14)11-20-17(19)15-7-9-16(18)10-8-15/h3-6,12,15-16,18H,7-11H2,1-2H3. The van der Waals surface area contributed by atoms with E-state index in [4.69, 9.17) is 4.74 Å². The Balaban J connectivity index is 1.81. The molecule has 2 rings (SSSR count). The maximum atomic E-state index is 11.9. The molecule has 0 amide bonds. The number of ether oxygens (including phenoxy) is 1. The average molecular weight is 276 g/mol. The Morgan fingerprint density at radius 3 is 2.35 bits per heavy atom. The average Bonchev–Trinajstić information content (AvgIpc) is 2.46. The monoisotopic (exact) mass is 276 g/mol. The summed E-state index contributed by atoms with van der Waals surface area (Å²) in [6.45, 7) is 4.66. The van der Waals surface area contributed by atoms with E-state index in [0.29, 0.717) is 25.4 Å². The van der Waals surface area contributed by atoms with Crippen molar-refractivity contribution < 1.29 is 14.6 Å². The fraction of sp³-hybridized carbons (Fsp3) is 0.588. The summed E-state index contributed by atoms with van der Waals surface area (Å²) in [5.74, 6) is 0.360. The molecule has 1 fully saturated rings. The summed E-state index contributed by atoms with van der Waals surface area (Å²) in [6, 6.07) is 8.22. The van der Waals surface area contributed by atoms with Crippen LogP contribution in [0.25, 0.3) is 0 Å². The van der Waals surface area contributed by atoms with Crippen LogP contribution in [0.15, 0.2) is 24.3 Å². The fourth-order valence-corrected chi connectivity index (χ4v) is 2.58. The predicted molar refractivity (Wildman–Crippen MR) is 78.3 cm³/mol. The van der Waals surface area contributed by atoms with Crippen molar-refractivity contribution in [2.24, 2.45) is 5.92 Å². The third kappa shape index (κ3) is 4.07. The molecular formula is C17H24O3. The Morgan fingerprint density at radius 2 is 1.80 bits per heavy atom. The van der Waals surface area contributed by atoms with Crippen LogP contribution in [0, 0.1) is 5.92 Å². The molecule has 20 heavy (non-hydrogen) atoms. The highest BCUT2D eigenvalue weighted by Crippen LogP contribution is 2.25. The summed E-state index contributed by atoms with van der Waals surface area (Å²) in [6.07, 6.45) is 2.67. The van der Waals surface area contributed by atoms with Gasteiger partial charge in [-0.1, -0.05) is 38.1 Å². The molecule has 0 aromatic heterocycles. The molecule has 0 spiro atoms. The lowest BCUT2D eigenvalue weighted by Crippen LogP contribution is -2.25. The lowest BCUT2D eigenvalue weighted by molar-refractivity contribution is -0.151. The molecule has 0 atom stereocenters. The van der Waals surface area contributed by atoms with Crippen LogP contribution < -0.4 is 0 Å². The highest BCUT2D eigenvalue weighted by Gasteiger charge is 2.26. The number of carbonyl (C=O) groups excluding carboxylic acids is 1. The molecule has 1 aromatic carbocycles. The highest BCUT2D eigenvalue weighted by molar-refractivity contribution is 5.72. The summed E-state index contributed by atoms with van der Waals surface area (Å²) in [5, 5.41) is 9.44. The molecule has 0 radical (unpaired) electrons. The van der Waals surface area contributed by atoms with E-state index >= 15 is 0 Å². The first-order valence-corrected chi connectivity index (χ1v) is 7.50. The number of benzene rings is 1. The second-order valence-electron chi connectivity index (χ2n) is 6.01. The summed E-state index contributed by atoms with van der Waals surface area (Å²) in [4.78, 5) is 11.9. The smallest absolute Gasteiger partial charge is 0.309 e. The number of aliphatic hydroxyl groups excluding tert-OH is 1. The highest BCUT2D eigenvalue weighted by atomic mass is 16.5. The number of hydrogen-bond donors (Lipinski definition) is 1. The van der Waals surface area contributed by atoms with Gasteiger partial charge in [-0.05, 0) is 42.7 Å². The Bertz CT molecular complexity index is 428. The van der Waals surface area contributed by atoms with Crippen molar-refractivity contribution in [3.8, 4) is 0 Å². The first kappa shape index (κ1) is 15.0. The van der Waals surface area contributed by atoms with Crippen LogP contribution >= 0.6 is 0 Å². The molecule has 1 N–H and O–H groups in total. The van der Waals surface area contributed by atoms with Crippen molar-refractivity contribution >= 4 is 5.97 Å². The van der Waals surface area contributed by atoms with Gasteiger partial charge >= 0.3 is 5.97 Å². The minimum absolute atomic E-state index is 0.0339. The van der Waals surface area contributed by atoms with Crippen molar-refractivity contribution in [3.05, 3.63) is 35.4 Å². The second-order valence-corrected chi connectivity index (χ2v) is 6.01. The number of hydrogen-bond acceptors (Lipinski definition) is 3. The molecule has 1 aliphatic carbocycles. The van der Waals surface area contributed by atoms with Gasteiger partial charge < -0.3 is 9.84 Å². The molecule has 3 nitrogen and oxygen atoms in total. The second kappa shape index (κ2) is 6.89. The van der Waals surface area contributed by atoms with Crippen molar-refractivity contribution in [2.45, 2.75) is 58.2 Å².